The van der Waals surface area contributed by atoms with Crippen LogP contribution in [0.2, 0.25) is 0 Å². The molecule has 6 atom stereocenters. The number of benzene rings is 1. The molecule has 546 valence electrons. The van der Waals surface area contributed by atoms with Gasteiger partial charge in [-0.3, -0.25) is 102 Å². The molecule has 97 heavy (non-hydrogen) atoms. The first-order valence-corrected chi connectivity index (χ1v) is 32.9. The minimum absolute atomic E-state index is 0.0103. The molecule has 3 unspecified atom stereocenters. The fourth-order valence-corrected chi connectivity index (χ4v) is 11.3. The highest BCUT2D eigenvalue weighted by Crippen LogP contribution is 2.18. The Morgan fingerprint density at radius 2 is 0.701 bits per heavy atom. The summed E-state index contributed by atoms with van der Waals surface area (Å²) >= 11 is 0. The molecule has 0 spiro atoms. The summed E-state index contributed by atoms with van der Waals surface area (Å²) in [5, 5.41) is 93.0. The van der Waals surface area contributed by atoms with E-state index in [1.54, 1.807) is 34.1 Å². The lowest BCUT2D eigenvalue weighted by atomic mass is 9.92. The number of rotatable bonds is 38. The summed E-state index contributed by atoms with van der Waals surface area (Å²) in [4.78, 5) is 177. The maximum Gasteiger partial charge on any atom is 0.320 e. The molecule has 34 heteroatoms. The number of nitrogens with zero attached hydrogens (tertiary/aromatic N) is 8. The number of hydrogen-bond donors (Lipinski definition) is 13. The normalized spacial score (nSPS) is 18.1. The molecule has 0 aromatic heterocycles. The van der Waals surface area contributed by atoms with Crippen LogP contribution in [-0.2, 0) is 75.4 Å². The maximum absolute atomic E-state index is 14.2. The van der Waals surface area contributed by atoms with E-state index >= 15 is 0 Å². The van der Waals surface area contributed by atoms with Crippen LogP contribution < -0.4 is 26.6 Å². The Labute approximate surface area is 565 Å². The van der Waals surface area contributed by atoms with Gasteiger partial charge in [0.15, 0.2) is 0 Å². The van der Waals surface area contributed by atoms with E-state index in [-0.39, 0.29) is 186 Å². The van der Waals surface area contributed by atoms with Gasteiger partial charge in [0.2, 0.25) is 29.5 Å². The molecule has 0 aliphatic carbocycles. The smallest absolute Gasteiger partial charge is 0.320 e. The molecule has 0 saturated carbocycles. The first-order valence-electron chi connectivity index (χ1n) is 32.9. The third kappa shape index (κ3) is 34.2. The van der Waals surface area contributed by atoms with Crippen molar-refractivity contribution in [2.45, 2.75) is 117 Å². The topological polar surface area (TPSA) is 470 Å². The summed E-state index contributed by atoms with van der Waals surface area (Å²) in [5.41, 5.74) is 1.30. The van der Waals surface area contributed by atoms with Crippen molar-refractivity contribution in [1.82, 2.24) is 65.8 Å². The van der Waals surface area contributed by atoms with Gasteiger partial charge < -0.3 is 67.4 Å². The van der Waals surface area contributed by atoms with Gasteiger partial charge in [-0.1, -0.05) is 65.3 Å². The van der Waals surface area contributed by atoms with Gasteiger partial charge in [-0.15, -0.1) is 0 Å². The Bertz CT molecular complexity index is 2700. The molecular formula is C63H103N13O21. The quantitative estimate of drug-likeness (QED) is 0.0327. The van der Waals surface area contributed by atoms with E-state index in [0.717, 1.165) is 6.42 Å². The molecule has 3 rings (SSSR count). The molecule has 0 bridgehead atoms. The maximum atomic E-state index is 14.2. The van der Waals surface area contributed by atoms with Crippen molar-refractivity contribution in [3.63, 3.8) is 0 Å². The Morgan fingerprint density at radius 1 is 0.392 bits per heavy atom. The zero-order valence-corrected chi connectivity index (χ0v) is 56.4. The molecule has 2 fully saturated rings. The van der Waals surface area contributed by atoms with Gasteiger partial charge in [0, 0.05) is 143 Å². The number of carbonyl (C=O) groups excluding carboxylic acids is 5. The van der Waals surface area contributed by atoms with Crippen molar-refractivity contribution in [3.8, 4) is 0 Å². The lowest BCUT2D eigenvalue weighted by Gasteiger charge is -2.35. The molecule has 5 amide bonds. The van der Waals surface area contributed by atoms with Crippen LogP contribution in [0.4, 0.5) is 0 Å². The number of hydrogen-bond acceptors (Lipinski definition) is 21. The van der Waals surface area contributed by atoms with Gasteiger partial charge in [0.05, 0.1) is 39.3 Å². The summed E-state index contributed by atoms with van der Waals surface area (Å²) in [7, 11) is 0. The third-order valence-corrected chi connectivity index (χ3v) is 17.3. The predicted molar refractivity (Wildman–Crippen MR) is 349 cm³/mol. The van der Waals surface area contributed by atoms with Crippen LogP contribution in [-0.4, -0.2) is 332 Å². The fourth-order valence-electron chi connectivity index (χ4n) is 11.3. The van der Waals surface area contributed by atoms with E-state index in [1.165, 1.54) is 29.4 Å². The minimum atomic E-state index is -1.40. The SMILES string of the molecule is CCC(C)[C@H](C)C(=O)N[C@@H](CC(C)C)C(=O)NCc1ccc(CNC(=O)[C@H](CCNC(=O)CCC(C(=O)O)N2CCN(CC(=O)O)CCN(CC(=O)O)CCN(CC(=O)O)CC2)NC(=O)CCC(C(=O)O)N2CCN(CC(=O)O)CCN(CC(=O)O)CCN(CC(=O)O)CC2)cc1. The monoisotopic (exact) mass is 1380 g/mol. The standard InChI is InChI=1S/C63H103N13O21/c1-6-43(4)44(5)59(91)68-48(33-42(2)3)61(93)66-35-46-9-7-45(8-10-46)34-65-60(92)47(67-52(78)14-12-50(63(96)97)76-31-27-73(40-57(87)88)23-19-70(37-54(81)82)20-24-74(28-32-76)41-58(89)90)15-16-64-51(77)13-11-49(62(94)95)75-29-25-71(38-55(83)84)21-17-69(36-53(79)80)18-22-72(26-30-75)39-56(85)86/h7-10,42-44,47-50H,6,11-41H2,1-5H3,(H,64,77)(H,65,92)(H,66,93)(H,67,78)(H,68,91)(H,79,80)(H,81,82)(H,83,84)(H,85,86)(H,87,88)(H,89,90)(H,94,95)(H,96,97)/t43?,44-,47-,48-,49?,50?/m0/s1. The van der Waals surface area contributed by atoms with Gasteiger partial charge in [-0.2, -0.15) is 0 Å². The first kappa shape index (κ1) is 83.2. The summed E-state index contributed by atoms with van der Waals surface area (Å²) in [5.74, 6) is -12.6. The molecule has 1 aromatic rings. The Balaban J connectivity index is 1.87. The van der Waals surface area contributed by atoms with Crippen molar-refractivity contribution < 1.29 is 103 Å². The largest absolute Gasteiger partial charge is 0.480 e. The van der Waals surface area contributed by atoms with E-state index in [1.807, 2.05) is 34.6 Å². The van der Waals surface area contributed by atoms with E-state index in [0.29, 0.717) is 17.5 Å². The van der Waals surface area contributed by atoms with Crippen molar-refractivity contribution in [3.05, 3.63) is 35.4 Å². The fraction of sp³-hybridized carbons (Fsp3) is 0.698. The number of nitrogens with one attached hydrogen (secondary N) is 5. The summed E-state index contributed by atoms with van der Waals surface area (Å²) in [6.07, 6.45) is -0.540. The molecule has 0 radical (unpaired) electrons. The second-order valence-electron chi connectivity index (χ2n) is 25.3. The predicted octanol–water partition coefficient (Wildman–Crippen LogP) is -2.46. The van der Waals surface area contributed by atoms with Crippen LogP contribution in [0.5, 0.6) is 0 Å². The van der Waals surface area contributed by atoms with Crippen molar-refractivity contribution in [2.24, 2.45) is 17.8 Å². The molecule has 2 aliphatic heterocycles. The Morgan fingerprint density at radius 3 is 1.00 bits per heavy atom. The Kier molecular flexibility index (Phi) is 37.8. The van der Waals surface area contributed by atoms with Crippen molar-refractivity contribution in [2.75, 3.05) is 151 Å². The van der Waals surface area contributed by atoms with E-state index in [2.05, 4.69) is 26.6 Å². The van der Waals surface area contributed by atoms with E-state index < -0.39 is 129 Å². The summed E-state index contributed by atoms with van der Waals surface area (Å²) in [6.45, 7) is 7.31. The van der Waals surface area contributed by atoms with Gasteiger partial charge in [-0.05, 0) is 48.6 Å². The highest BCUT2D eigenvalue weighted by molar-refractivity contribution is 5.89. The van der Waals surface area contributed by atoms with Gasteiger partial charge in [0.25, 0.3) is 0 Å². The van der Waals surface area contributed by atoms with Gasteiger partial charge >= 0.3 is 47.8 Å². The summed E-state index contributed by atoms with van der Waals surface area (Å²) < 4.78 is 0. The van der Waals surface area contributed by atoms with Crippen LogP contribution in [0.15, 0.2) is 24.3 Å². The minimum Gasteiger partial charge on any atom is -0.480 e. The van der Waals surface area contributed by atoms with Crippen LogP contribution in [0.25, 0.3) is 0 Å². The van der Waals surface area contributed by atoms with Gasteiger partial charge in [-0.25, -0.2) is 0 Å². The number of amides is 5. The van der Waals surface area contributed by atoms with Gasteiger partial charge in [0.1, 0.15) is 24.2 Å². The molecule has 2 heterocycles. The molecule has 1 aromatic carbocycles. The van der Waals surface area contributed by atoms with Crippen LogP contribution in [0.3, 0.4) is 0 Å². The molecule has 2 saturated heterocycles. The lowest BCUT2D eigenvalue weighted by molar-refractivity contribution is -0.145. The van der Waals surface area contributed by atoms with Crippen molar-refractivity contribution >= 4 is 77.3 Å². The highest BCUT2D eigenvalue weighted by Gasteiger charge is 2.33. The molecule has 2 aliphatic rings. The first-order chi connectivity index (χ1) is 45.8. The number of carboxylic acid groups (broad SMARTS) is 8. The third-order valence-electron chi connectivity index (χ3n) is 17.3. The molecule has 34 nitrogen and oxygen atoms in total. The Hall–Kier alpha value is -7.99. The zero-order chi connectivity index (χ0) is 72.3. The summed E-state index contributed by atoms with van der Waals surface area (Å²) in [6, 6.07) is 1.99. The van der Waals surface area contributed by atoms with E-state index in [4.69, 9.17) is 0 Å². The average molecular weight is 1380 g/mol. The lowest BCUT2D eigenvalue weighted by Crippen LogP contribution is -2.52. The van der Waals surface area contributed by atoms with Crippen molar-refractivity contribution in [1.29, 1.82) is 0 Å². The number of carboxylic acids is 8. The van der Waals surface area contributed by atoms with Crippen LogP contribution in [0, 0.1) is 17.8 Å². The molecular weight excluding hydrogens is 1270 g/mol. The zero-order valence-electron chi connectivity index (χ0n) is 56.4. The average Bonchev–Trinajstić information content (AvgIpc) is 0.909. The number of aliphatic carboxylic acids is 8. The second kappa shape index (κ2) is 44.0. The van der Waals surface area contributed by atoms with Crippen LogP contribution in [0.1, 0.15) is 90.7 Å². The van der Waals surface area contributed by atoms with Crippen LogP contribution >= 0.6 is 0 Å². The second-order valence-corrected chi connectivity index (χ2v) is 25.3. The highest BCUT2D eigenvalue weighted by atomic mass is 16.4. The van der Waals surface area contributed by atoms with E-state index in [9.17, 15) is 103 Å². The number of carbonyl (C=O) groups is 13. The molecule has 13 N–H and O–H groups in total.